The second-order valence-electron chi connectivity index (χ2n) is 6.94. The van der Waals surface area contributed by atoms with Crippen molar-refractivity contribution in [2.75, 3.05) is 0 Å². The average molecular weight is 700 g/mol. The molecule has 0 aliphatic rings. The van der Waals surface area contributed by atoms with Crippen LogP contribution >= 0.6 is 31.9 Å². The van der Waals surface area contributed by atoms with E-state index >= 15 is 0 Å². The van der Waals surface area contributed by atoms with E-state index in [1.165, 1.54) is 0 Å². The predicted octanol–water partition coefficient (Wildman–Crippen LogP) is 9.12. The van der Waals surface area contributed by atoms with Crippen molar-refractivity contribution in [3.63, 3.8) is 0 Å². The third-order valence-corrected chi connectivity index (χ3v) is 5.46. The zero-order valence-corrected chi connectivity index (χ0v) is 19.7. The van der Waals surface area contributed by atoms with Gasteiger partial charge in [-0.15, -0.1) is 0 Å². The Labute approximate surface area is 210 Å². The molecule has 0 amide bonds. The highest BCUT2D eigenvalue weighted by Gasteiger charge is 2.82. The van der Waals surface area contributed by atoms with Crippen molar-refractivity contribution in [1.82, 2.24) is 0 Å². The predicted molar refractivity (Wildman–Crippen MR) is 96.8 cm³/mol. The quantitative estimate of drug-likeness (QED) is 0.274. The van der Waals surface area contributed by atoms with Crippen LogP contribution in [0.1, 0.15) is 11.1 Å². The average Bonchev–Trinajstić information content (AvgIpc) is 2.63. The Morgan fingerprint density at radius 2 is 0.676 bits per heavy atom. The Kier molecular flexibility index (Phi) is 8.04. The van der Waals surface area contributed by atoms with E-state index in [0.29, 0.717) is 0 Å². The van der Waals surface area contributed by atoms with Crippen LogP contribution in [0, 0.1) is 23.3 Å². The fourth-order valence-corrected chi connectivity index (χ4v) is 3.75. The lowest BCUT2D eigenvalue weighted by atomic mass is 9.90. The summed E-state index contributed by atoms with van der Waals surface area (Å²) >= 11 is 4.57. The van der Waals surface area contributed by atoms with Gasteiger partial charge in [-0.2, -0.15) is 43.9 Å². The molecule has 208 valence electrons. The second-order valence-corrected chi connectivity index (χ2v) is 8.77. The Hall–Kier alpha value is -1.76. The highest BCUT2D eigenvalue weighted by atomic mass is 79.9. The molecule has 2 atom stereocenters. The number of ether oxygens (including phenoxy) is 1. The van der Waals surface area contributed by atoms with Gasteiger partial charge in [0.15, 0.2) is 0 Å². The molecule has 2 aromatic carbocycles. The summed E-state index contributed by atoms with van der Waals surface area (Å²) in [5.74, 6) is -11.3. The number of alkyl halides is 12. The minimum atomic E-state index is -7.49. The third kappa shape index (κ3) is 5.02. The first-order valence-corrected chi connectivity index (χ1v) is 10.2. The number of hydrogen-bond donors (Lipinski definition) is 0. The van der Waals surface area contributed by atoms with Gasteiger partial charge in [0.2, 0.25) is 0 Å². The number of halogens is 18. The molecule has 37 heavy (non-hydrogen) atoms. The molecule has 0 heterocycles. The van der Waals surface area contributed by atoms with Gasteiger partial charge in [-0.05, 0) is 24.3 Å². The molecule has 19 heteroatoms. The fourth-order valence-electron chi connectivity index (χ4n) is 2.95. The van der Waals surface area contributed by atoms with Crippen molar-refractivity contribution in [3.8, 4) is 0 Å². The van der Waals surface area contributed by atoms with E-state index in [0.717, 1.165) is 0 Å². The van der Waals surface area contributed by atoms with Crippen molar-refractivity contribution in [2.45, 2.75) is 35.9 Å². The van der Waals surface area contributed by atoms with Gasteiger partial charge in [-0.1, -0.05) is 31.9 Å². The van der Waals surface area contributed by atoms with Crippen LogP contribution in [0.3, 0.4) is 0 Å². The molecule has 0 saturated heterocycles. The van der Waals surface area contributed by atoms with Gasteiger partial charge < -0.3 is 0 Å². The first kappa shape index (κ1) is 31.5. The van der Waals surface area contributed by atoms with Crippen LogP contribution in [0.4, 0.5) is 70.2 Å². The normalized spacial score (nSPS) is 16.9. The summed E-state index contributed by atoms with van der Waals surface area (Å²) in [7, 11) is 0. The van der Waals surface area contributed by atoms with Gasteiger partial charge in [-0.3, -0.25) is 0 Å². The van der Waals surface area contributed by atoms with Crippen LogP contribution in [0.15, 0.2) is 33.2 Å². The van der Waals surface area contributed by atoms with Crippen LogP contribution in [-0.4, -0.2) is 24.6 Å². The molecule has 2 rings (SSSR count). The van der Waals surface area contributed by atoms with Crippen molar-refractivity contribution < 1.29 is 75.0 Å². The lowest BCUT2D eigenvalue weighted by Gasteiger charge is -2.40. The summed E-state index contributed by atoms with van der Waals surface area (Å²) in [5, 5.41) is 0. The first-order valence-electron chi connectivity index (χ1n) is 8.62. The highest BCUT2D eigenvalue weighted by Crippen LogP contribution is 2.60. The third-order valence-electron chi connectivity index (χ3n) is 4.54. The summed E-state index contributed by atoms with van der Waals surface area (Å²) in [6.07, 6.45) is -29.7. The first-order chi connectivity index (χ1) is 16.3. The molecule has 0 fully saturated rings. The molecule has 0 spiro atoms. The molecule has 0 saturated carbocycles. The van der Waals surface area contributed by atoms with Gasteiger partial charge >= 0.3 is 35.9 Å². The molecular formula is C18H4Br2F16O. The molecule has 0 radical (unpaired) electrons. The van der Waals surface area contributed by atoms with Crippen molar-refractivity contribution >= 4 is 31.9 Å². The summed E-state index contributed by atoms with van der Waals surface area (Å²) in [5.41, 5.74) is -20.9. The number of benzene rings is 2. The molecule has 2 unspecified atom stereocenters. The van der Waals surface area contributed by atoms with E-state index in [9.17, 15) is 70.2 Å². The van der Waals surface area contributed by atoms with Crippen molar-refractivity contribution in [1.29, 1.82) is 0 Å². The monoisotopic (exact) mass is 698 g/mol. The molecule has 1 nitrogen and oxygen atoms in total. The maximum absolute atomic E-state index is 14.9. The Morgan fingerprint density at radius 3 is 0.865 bits per heavy atom. The van der Waals surface area contributed by atoms with Crippen molar-refractivity contribution in [3.05, 3.63) is 67.6 Å². The number of rotatable bonds is 6. The van der Waals surface area contributed by atoms with Gasteiger partial charge in [0.1, 0.15) is 23.3 Å². The van der Waals surface area contributed by atoms with E-state index in [1.54, 1.807) is 0 Å². The number of hydrogen-bond acceptors (Lipinski definition) is 1. The second kappa shape index (κ2) is 9.46. The highest BCUT2D eigenvalue weighted by molar-refractivity contribution is 9.10. The maximum atomic E-state index is 14.9. The zero-order chi connectivity index (χ0) is 29.2. The minimum Gasteiger partial charge on any atom is -0.249 e. The SMILES string of the molecule is Fc1cc(Br)cc(F)c1C(F)(C(F)(F)F)C(F)(F)OC(F)(F)C(F)(c1c(F)cc(Br)cc1F)C(F)(F)F. The molecule has 0 aromatic heterocycles. The van der Waals surface area contributed by atoms with Crippen LogP contribution in [0.2, 0.25) is 0 Å². The van der Waals surface area contributed by atoms with E-state index in [-0.39, 0.29) is 24.3 Å². The summed E-state index contributed by atoms with van der Waals surface area (Å²) in [4.78, 5) is 0. The molecule has 0 aliphatic carbocycles. The molecule has 0 N–H and O–H groups in total. The van der Waals surface area contributed by atoms with Crippen LogP contribution in [0.25, 0.3) is 0 Å². The lowest BCUT2D eigenvalue weighted by molar-refractivity contribution is -0.490. The lowest BCUT2D eigenvalue weighted by Crippen LogP contribution is -2.62. The van der Waals surface area contributed by atoms with Crippen LogP contribution in [0.5, 0.6) is 0 Å². The van der Waals surface area contributed by atoms with Crippen LogP contribution < -0.4 is 0 Å². The summed E-state index contributed by atoms with van der Waals surface area (Å²) < 4.78 is 224. The Balaban J connectivity index is 2.87. The largest absolute Gasteiger partial charge is 0.435 e. The van der Waals surface area contributed by atoms with Crippen LogP contribution in [-0.2, 0) is 16.1 Å². The van der Waals surface area contributed by atoms with Gasteiger partial charge in [-0.25, -0.2) is 31.1 Å². The molecular weight excluding hydrogens is 696 g/mol. The van der Waals surface area contributed by atoms with E-state index in [1.807, 2.05) is 0 Å². The Bertz CT molecular complexity index is 1060. The van der Waals surface area contributed by atoms with E-state index in [4.69, 9.17) is 0 Å². The maximum Gasteiger partial charge on any atom is 0.435 e. The van der Waals surface area contributed by atoms with Gasteiger partial charge in [0.05, 0.1) is 11.1 Å². The van der Waals surface area contributed by atoms with Gasteiger partial charge in [0, 0.05) is 8.95 Å². The standard InChI is InChI=1S/C18H4Br2F16O/c19-5-1-7(21)11(8(22)2-5)13(25,15(27,28)29)17(33,34)37-18(35,36)14(26,16(30,31)32)12-9(23)3-6(20)4-10(12)24/h1-4H. The zero-order valence-electron chi connectivity index (χ0n) is 16.5. The smallest absolute Gasteiger partial charge is 0.249 e. The fraction of sp³-hybridized carbons (Fsp3) is 0.333. The molecule has 0 aliphatic heterocycles. The van der Waals surface area contributed by atoms with Crippen molar-refractivity contribution in [2.24, 2.45) is 0 Å². The summed E-state index contributed by atoms with van der Waals surface area (Å²) in [6, 6.07) is -1.08. The van der Waals surface area contributed by atoms with Gasteiger partial charge in [0.25, 0.3) is 0 Å². The summed E-state index contributed by atoms with van der Waals surface area (Å²) in [6.45, 7) is 0. The minimum absolute atomic E-state index is 0.269. The van der Waals surface area contributed by atoms with E-state index < -0.39 is 79.2 Å². The Morgan fingerprint density at radius 1 is 0.459 bits per heavy atom. The van der Waals surface area contributed by atoms with E-state index in [2.05, 4.69) is 36.6 Å². The molecule has 2 aromatic rings. The topological polar surface area (TPSA) is 9.23 Å². The molecule has 0 bridgehead atoms.